The van der Waals surface area contributed by atoms with Crippen LogP contribution in [-0.4, -0.2) is 33.5 Å². The number of aromatic nitrogens is 3. The van der Waals surface area contributed by atoms with E-state index in [4.69, 9.17) is 16.3 Å². The van der Waals surface area contributed by atoms with Crippen molar-refractivity contribution in [3.63, 3.8) is 0 Å². The van der Waals surface area contributed by atoms with Crippen molar-refractivity contribution in [2.75, 3.05) is 18.2 Å². The van der Waals surface area contributed by atoms with Gasteiger partial charge >= 0.3 is 0 Å². The van der Waals surface area contributed by atoms with Gasteiger partial charge in [0.25, 0.3) is 0 Å². The zero-order chi connectivity index (χ0) is 23.2. The normalized spacial score (nSPS) is 10.8. The van der Waals surface area contributed by atoms with Crippen LogP contribution in [0.25, 0.3) is 17.1 Å². The predicted octanol–water partition coefficient (Wildman–Crippen LogP) is 5.89. The van der Waals surface area contributed by atoms with Crippen molar-refractivity contribution in [1.82, 2.24) is 14.8 Å². The average molecular weight is 479 g/mol. The van der Waals surface area contributed by atoms with Gasteiger partial charge in [-0.15, -0.1) is 10.2 Å². The molecule has 1 heterocycles. The highest BCUT2D eigenvalue weighted by Crippen LogP contribution is 2.29. The van der Waals surface area contributed by atoms with Gasteiger partial charge in [0.05, 0.1) is 18.6 Å². The number of nitrogens with one attached hydrogen (secondary N) is 1. The summed E-state index contributed by atoms with van der Waals surface area (Å²) in [5, 5.41) is 13.0. The fourth-order valence-corrected chi connectivity index (χ4v) is 4.21. The summed E-state index contributed by atoms with van der Waals surface area (Å²) in [4.78, 5) is 12.6. The molecule has 1 N–H and O–H groups in total. The van der Waals surface area contributed by atoms with E-state index in [-0.39, 0.29) is 11.7 Å². The molecule has 6 nitrogen and oxygen atoms in total. The summed E-state index contributed by atoms with van der Waals surface area (Å²) in [7, 11) is 1.57. The second kappa shape index (κ2) is 10.6. The van der Waals surface area contributed by atoms with Crippen LogP contribution in [0.4, 0.5) is 5.69 Å². The molecule has 8 heteroatoms. The number of methoxy groups -OCH3 is 1. The number of hydrogen-bond donors (Lipinski definition) is 1. The number of hydrogen-bond acceptors (Lipinski definition) is 5. The Hall–Kier alpha value is -3.29. The van der Waals surface area contributed by atoms with Crippen LogP contribution in [0.3, 0.4) is 0 Å². The quantitative estimate of drug-likeness (QED) is 0.320. The number of rotatable bonds is 8. The van der Waals surface area contributed by atoms with E-state index in [2.05, 4.69) is 34.6 Å². The Labute approximate surface area is 202 Å². The van der Waals surface area contributed by atoms with Crippen LogP contribution in [0.5, 0.6) is 5.75 Å². The van der Waals surface area contributed by atoms with Crippen molar-refractivity contribution in [2.24, 2.45) is 0 Å². The number of nitrogens with zero attached hydrogens (tertiary/aromatic N) is 3. The van der Waals surface area contributed by atoms with E-state index < -0.39 is 0 Å². The minimum Gasteiger partial charge on any atom is -0.495 e. The van der Waals surface area contributed by atoms with Gasteiger partial charge in [0.15, 0.2) is 11.0 Å². The van der Waals surface area contributed by atoms with Crippen molar-refractivity contribution in [1.29, 1.82) is 0 Å². The Morgan fingerprint density at radius 3 is 2.45 bits per heavy atom. The summed E-state index contributed by atoms with van der Waals surface area (Å²) in [6, 6.07) is 23.0. The van der Waals surface area contributed by atoms with Crippen LogP contribution in [0.15, 0.2) is 78.0 Å². The lowest BCUT2D eigenvalue weighted by atomic mass is 10.1. The minimum absolute atomic E-state index is 0.159. The van der Waals surface area contributed by atoms with Crippen LogP contribution >= 0.6 is 23.4 Å². The van der Waals surface area contributed by atoms with E-state index in [0.29, 0.717) is 27.4 Å². The Morgan fingerprint density at radius 2 is 1.76 bits per heavy atom. The average Bonchev–Trinajstić information content (AvgIpc) is 3.27. The number of aryl methyl sites for hydroxylation is 1. The van der Waals surface area contributed by atoms with E-state index in [1.165, 1.54) is 17.3 Å². The SMILES string of the molecule is CCc1ccc(-n2c(SCC(=O)Nc3ccccc3OC)nnc2-c2ccc(Cl)cc2)cc1. The predicted molar refractivity (Wildman–Crippen MR) is 134 cm³/mol. The van der Waals surface area contributed by atoms with Gasteiger partial charge in [0, 0.05) is 16.3 Å². The van der Waals surface area contributed by atoms with Gasteiger partial charge in [-0.1, -0.05) is 54.6 Å². The van der Waals surface area contributed by atoms with E-state index in [1.807, 2.05) is 53.1 Å². The van der Waals surface area contributed by atoms with Crippen molar-refractivity contribution in [3.8, 4) is 22.8 Å². The number of thioether (sulfide) groups is 1. The summed E-state index contributed by atoms with van der Waals surface area (Å²) in [6.45, 7) is 2.12. The molecule has 0 saturated carbocycles. The fourth-order valence-electron chi connectivity index (χ4n) is 3.33. The van der Waals surface area contributed by atoms with Crippen LogP contribution < -0.4 is 10.1 Å². The van der Waals surface area contributed by atoms with Gasteiger partial charge < -0.3 is 10.1 Å². The maximum absolute atomic E-state index is 12.6. The largest absolute Gasteiger partial charge is 0.495 e. The Balaban J connectivity index is 1.60. The number of benzene rings is 3. The van der Waals surface area contributed by atoms with Crippen LogP contribution in [0, 0.1) is 0 Å². The molecule has 1 amide bonds. The fraction of sp³-hybridized carbons (Fsp3) is 0.160. The Bertz CT molecular complexity index is 1240. The number of carbonyl (C=O) groups is 1. The number of carbonyl (C=O) groups excluding carboxylic acids is 1. The first-order chi connectivity index (χ1) is 16.1. The monoisotopic (exact) mass is 478 g/mol. The van der Waals surface area contributed by atoms with Gasteiger partial charge in [0.2, 0.25) is 5.91 Å². The molecule has 4 aromatic rings. The summed E-state index contributed by atoms with van der Waals surface area (Å²) in [6.07, 6.45) is 0.956. The van der Waals surface area contributed by atoms with E-state index in [9.17, 15) is 4.79 Å². The van der Waals surface area contributed by atoms with E-state index in [0.717, 1.165) is 17.7 Å². The third-order valence-electron chi connectivity index (χ3n) is 5.05. The molecule has 0 fully saturated rings. The number of para-hydroxylation sites is 2. The second-order valence-corrected chi connectivity index (χ2v) is 8.58. The molecule has 168 valence electrons. The molecule has 3 aromatic carbocycles. The molecular formula is C25H23ClN4O2S. The highest BCUT2D eigenvalue weighted by Gasteiger charge is 2.18. The molecule has 0 unspecified atom stereocenters. The summed E-state index contributed by atoms with van der Waals surface area (Å²) in [5.41, 5.74) is 3.68. The summed E-state index contributed by atoms with van der Waals surface area (Å²) >= 11 is 7.39. The molecule has 0 atom stereocenters. The maximum Gasteiger partial charge on any atom is 0.234 e. The third kappa shape index (κ3) is 5.38. The lowest BCUT2D eigenvalue weighted by Crippen LogP contribution is -2.15. The van der Waals surface area contributed by atoms with Crippen LogP contribution in [0.1, 0.15) is 12.5 Å². The van der Waals surface area contributed by atoms with Gasteiger partial charge in [-0.3, -0.25) is 9.36 Å². The molecule has 0 radical (unpaired) electrons. The van der Waals surface area contributed by atoms with Gasteiger partial charge in [0.1, 0.15) is 5.75 Å². The molecule has 0 aliphatic rings. The van der Waals surface area contributed by atoms with Crippen molar-refractivity contribution in [3.05, 3.63) is 83.4 Å². The zero-order valence-corrected chi connectivity index (χ0v) is 19.9. The first-order valence-corrected chi connectivity index (χ1v) is 11.8. The van der Waals surface area contributed by atoms with Crippen molar-refractivity contribution in [2.45, 2.75) is 18.5 Å². The summed E-state index contributed by atoms with van der Waals surface area (Å²) in [5.74, 6) is 1.31. The van der Waals surface area contributed by atoms with Gasteiger partial charge in [-0.25, -0.2) is 0 Å². The Morgan fingerprint density at radius 1 is 1.03 bits per heavy atom. The standard InChI is InChI=1S/C25H23ClN4O2S/c1-3-17-8-14-20(15-9-17)30-24(18-10-12-19(26)13-11-18)28-29-25(30)33-16-23(31)27-21-6-4-5-7-22(21)32-2/h4-15H,3,16H2,1-2H3,(H,27,31). The van der Waals surface area contributed by atoms with Crippen LogP contribution in [0.2, 0.25) is 5.02 Å². The molecule has 4 rings (SSSR count). The molecule has 1 aromatic heterocycles. The topological polar surface area (TPSA) is 69.0 Å². The van der Waals surface area contributed by atoms with Crippen LogP contribution in [-0.2, 0) is 11.2 Å². The molecule has 0 aliphatic heterocycles. The first kappa shape index (κ1) is 22.9. The van der Waals surface area contributed by atoms with E-state index in [1.54, 1.807) is 19.2 Å². The molecule has 0 saturated heterocycles. The van der Waals surface area contributed by atoms with Crippen molar-refractivity contribution >= 4 is 35.0 Å². The smallest absolute Gasteiger partial charge is 0.234 e. The van der Waals surface area contributed by atoms with Gasteiger partial charge in [-0.2, -0.15) is 0 Å². The maximum atomic E-state index is 12.6. The molecule has 0 aliphatic carbocycles. The van der Waals surface area contributed by atoms with E-state index >= 15 is 0 Å². The second-order valence-electron chi connectivity index (χ2n) is 7.21. The molecule has 33 heavy (non-hydrogen) atoms. The molecule has 0 spiro atoms. The number of anilines is 1. The molecular weight excluding hydrogens is 456 g/mol. The first-order valence-electron chi connectivity index (χ1n) is 10.5. The number of halogens is 1. The lowest BCUT2D eigenvalue weighted by Gasteiger charge is -2.12. The highest BCUT2D eigenvalue weighted by atomic mass is 35.5. The van der Waals surface area contributed by atoms with Gasteiger partial charge in [-0.05, 0) is 60.5 Å². The minimum atomic E-state index is -0.159. The number of ether oxygens (including phenoxy) is 1. The lowest BCUT2D eigenvalue weighted by molar-refractivity contribution is -0.113. The highest BCUT2D eigenvalue weighted by molar-refractivity contribution is 7.99. The number of amides is 1. The summed E-state index contributed by atoms with van der Waals surface area (Å²) < 4.78 is 7.27. The Kier molecular flexibility index (Phi) is 7.32. The zero-order valence-electron chi connectivity index (χ0n) is 18.3. The van der Waals surface area contributed by atoms with Crippen molar-refractivity contribution < 1.29 is 9.53 Å². The third-order valence-corrected chi connectivity index (χ3v) is 6.23. The molecule has 0 bridgehead atoms.